The number of rotatable bonds is 4. The highest BCUT2D eigenvalue weighted by Gasteiger charge is 2.37. The van der Waals surface area contributed by atoms with Crippen molar-refractivity contribution in [1.82, 2.24) is 0 Å². The number of carboxylic acids is 3. The molecule has 0 radical (unpaired) electrons. The van der Waals surface area contributed by atoms with Gasteiger partial charge in [0.15, 0.2) is 11.6 Å². The molecule has 0 fully saturated rings. The van der Waals surface area contributed by atoms with E-state index in [0.717, 1.165) is 0 Å². The number of carboxylic acid groups (broad SMARTS) is 3. The highest BCUT2D eigenvalue weighted by atomic mass is 19.3. The van der Waals surface area contributed by atoms with Gasteiger partial charge in [0, 0.05) is 4.53 Å². The Balaban J connectivity index is 4.08. The number of aromatic carboxylic acids is 3. The summed E-state index contributed by atoms with van der Waals surface area (Å²) in [4.78, 5) is 45.9. The lowest BCUT2D eigenvalue weighted by Gasteiger charge is -2.11. The van der Waals surface area contributed by atoms with Crippen LogP contribution in [-0.2, 0) is 4.94 Å². The fourth-order valence-electron chi connectivity index (χ4n) is 1.52. The Hall–Kier alpha value is -3.11. The monoisotopic (exact) mass is 308 g/mol. The first-order valence-corrected chi connectivity index (χ1v) is 4.72. The summed E-state index contributed by atoms with van der Waals surface area (Å²) in [5.41, 5.74) is -7.42. The number of carbonyl (C=O) groups is 4. The molecule has 0 aromatic heterocycles. The Bertz CT molecular complexity index is 682. The second-order valence-corrected chi connectivity index (χ2v) is 3.41. The Morgan fingerprint density at radius 3 is 1.29 bits per heavy atom. The summed E-state index contributed by atoms with van der Waals surface area (Å²) in [6, 6.07) is 0. The summed E-state index contributed by atoms with van der Waals surface area (Å²) < 4.78 is 39.5. The molecule has 0 spiro atoms. The third-order valence-electron chi connectivity index (χ3n) is 2.29. The molecule has 1 rings (SSSR count). The van der Waals surface area contributed by atoms with E-state index in [-0.39, 0.29) is 0 Å². The average molecular weight is 308 g/mol. The fraction of sp³-hybridized carbons (Fsp3) is 0. The normalized spacial score (nSPS) is 10.0. The zero-order valence-corrected chi connectivity index (χ0v) is 9.52. The quantitative estimate of drug-likeness (QED) is 0.751. The maximum Gasteiger partial charge on any atom is 0.383 e. The van der Waals surface area contributed by atoms with E-state index < -0.39 is 57.8 Å². The molecule has 0 aliphatic carbocycles. The SMILES string of the molecule is O=C(O)c1c(F)c(C(=O)O)c(C(=O)OF)c(F)c1C(=O)O. The largest absolute Gasteiger partial charge is 0.478 e. The van der Waals surface area contributed by atoms with Gasteiger partial charge in [-0.1, -0.05) is 0 Å². The van der Waals surface area contributed by atoms with Crippen molar-refractivity contribution in [3.05, 3.63) is 33.9 Å². The van der Waals surface area contributed by atoms with Gasteiger partial charge in [0.05, 0.1) is 0 Å². The number of halogens is 3. The lowest BCUT2D eigenvalue weighted by molar-refractivity contribution is -0.0793. The maximum atomic E-state index is 13.8. The molecule has 0 aliphatic heterocycles. The second kappa shape index (κ2) is 5.48. The standard InChI is InChI=1S/C10H3F3O8/c11-5-1(7(14)15)2(8(16)17)6(12)4(10(20)21-13)3(5)9(18)19/h(H,14,15)(H,16,17)(H,18,19). The Labute approximate surface area is 111 Å². The van der Waals surface area contributed by atoms with Crippen molar-refractivity contribution >= 4 is 23.9 Å². The average Bonchev–Trinajstić information content (AvgIpc) is 2.37. The van der Waals surface area contributed by atoms with Crippen LogP contribution in [0.4, 0.5) is 13.3 Å². The predicted molar refractivity (Wildman–Crippen MR) is 53.8 cm³/mol. The Kier molecular flexibility index (Phi) is 4.16. The van der Waals surface area contributed by atoms with Gasteiger partial charge in [0.1, 0.15) is 22.3 Å². The highest BCUT2D eigenvalue weighted by molar-refractivity contribution is 6.10. The van der Waals surface area contributed by atoms with Crippen molar-refractivity contribution in [3.63, 3.8) is 0 Å². The lowest BCUT2D eigenvalue weighted by Crippen LogP contribution is -2.23. The van der Waals surface area contributed by atoms with E-state index in [1.807, 2.05) is 0 Å². The van der Waals surface area contributed by atoms with Crippen LogP contribution in [0.25, 0.3) is 0 Å². The minimum atomic E-state index is -2.33. The Morgan fingerprint density at radius 2 is 1.00 bits per heavy atom. The molecule has 0 atom stereocenters. The topological polar surface area (TPSA) is 138 Å². The summed E-state index contributed by atoms with van der Waals surface area (Å²) in [5.74, 6) is -13.7. The smallest absolute Gasteiger partial charge is 0.383 e. The van der Waals surface area contributed by atoms with Gasteiger partial charge in [-0.3, -0.25) is 0 Å². The van der Waals surface area contributed by atoms with E-state index in [4.69, 9.17) is 15.3 Å². The second-order valence-electron chi connectivity index (χ2n) is 3.41. The van der Waals surface area contributed by atoms with Crippen LogP contribution in [0.15, 0.2) is 0 Å². The fourth-order valence-corrected chi connectivity index (χ4v) is 1.52. The van der Waals surface area contributed by atoms with Crippen LogP contribution in [-0.4, -0.2) is 39.2 Å². The summed E-state index contributed by atoms with van der Waals surface area (Å²) >= 11 is 0. The molecule has 11 heteroatoms. The molecular formula is C10H3F3O8. The van der Waals surface area contributed by atoms with E-state index in [1.165, 1.54) is 0 Å². The predicted octanol–water partition coefficient (Wildman–Crippen LogP) is 1.10. The molecule has 0 saturated heterocycles. The molecule has 1 aromatic carbocycles. The van der Waals surface area contributed by atoms with Crippen LogP contribution in [0, 0.1) is 11.6 Å². The van der Waals surface area contributed by atoms with Crippen LogP contribution in [0.1, 0.15) is 41.4 Å². The molecule has 8 nitrogen and oxygen atoms in total. The van der Waals surface area contributed by atoms with Gasteiger partial charge in [-0.05, 0) is 0 Å². The molecular weight excluding hydrogens is 305 g/mol. The van der Waals surface area contributed by atoms with Gasteiger partial charge in [-0.2, -0.15) is 0 Å². The van der Waals surface area contributed by atoms with E-state index in [2.05, 4.69) is 4.94 Å². The molecule has 0 saturated carbocycles. The van der Waals surface area contributed by atoms with Crippen LogP contribution in [0.2, 0.25) is 0 Å². The van der Waals surface area contributed by atoms with Crippen molar-refractivity contribution in [2.45, 2.75) is 0 Å². The number of benzene rings is 1. The first kappa shape index (κ1) is 15.9. The van der Waals surface area contributed by atoms with Crippen molar-refractivity contribution in [1.29, 1.82) is 0 Å². The molecule has 112 valence electrons. The van der Waals surface area contributed by atoms with Gasteiger partial charge in [-0.15, -0.1) is 0 Å². The third-order valence-corrected chi connectivity index (χ3v) is 2.29. The molecule has 0 amide bonds. The molecule has 0 unspecified atom stereocenters. The highest BCUT2D eigenvalue weighted by Crippen LogP contribution is 2.27. The summed E-state index contributed by atoms with van der Waals surface area (Å²) in [5, 5.41) is 26.0. The zero-order chi connectivity index (χ0) is 16.5. The molecule has 0 bridgehead atoms. The number of hydrogen-bond donors (Lipinski definition) is 3. The lowest BCUT2D eigenvalue weighted by atomic mass is 9.96. The van der Waals surface area contributed by atoms with Crippen molar-refractivity contribution in [2.24, 2.45) is 0 Å². The third kappa shape index (κ3) is 2.48. The van der Waals surface area contributed by atoms with Gasteiger partial charge in [0.25, 0.3) is 0 Å². The van der Waals surface area contributed by atoms with Gasteiger partial charge in [0.2, 0.25) is 0 Å². The van der Waals surface area contributed by atoms with Crippen LogP contribution >= 0.6 is 0 Å². The van der Waals surface area contributed by atoms with Crippen molar-refractivity contribution in [2.75, 3.05) is 0 Å². The molecule has 0 heterocycles. The summed E-state index contributed by atoms with van der Waals surface area (Å²) in [6.45, 7) is 0. The van der Waals surface area contributed by atoms with E-state index in [1.54, 1.807) is 0 Å². The van der Waals surface area contributed by atoms with Crippen LogP contribution in [0.5, 0.6) is 0 Å². The molecule has 0 aliphatic rings. The summed E-state index contributed by atoms with van der Waals surface area (Å²) in [7, 11) is 0. The van der Waals surface area contributed by atoms with Crippen molar-refractivity contribution in [3.8, 4) is 0 Å². The first-order chi connectivity index (χ1) is 9.64. The van der Waals surface area contributed by atoms with Crippen molar-refractivity contribution < 1.29 is 52.7 Å². The molecule has 1 aromatic rings. The van der Waals surface area contributed by atoms with Crippen LogP contribution < -0.4 is 0 Å². The Morgan fingerprint density at radius 1 is 0.714 bits per heavy atom. The van der Waals surface area contributed by atoms with Gasteiger partial charge < -0.3 is 15.3 Å². The molecule has 21 heavy (non-hydrogen) atoms. The van der Waals surface area contributed by atoms with Gasteiger partial charge in [-0.25, -0.2) is 32.9 Å². The molecule has 3 N–H and O–H groups in total. The number of carbonyl (C=O) groups excluding carboxylic acids is 1. The van der Waals surface area contributed by atoms with Crippen LogP contribution in [0.3, 0.4) is 0 Å². The zero-order valence-electron chi connectivity index (χ0n) is 9.52. The minimum absolute atomic E-state index is 1.83. The first-order valence-electron chi connectivity index (χ1n) is 4.72. The summed E-state index contributed by atoms with van der Waals surface area (Å²) in [6.07, 6.45) is 0. The maximum absolute atomic E-state index is 13.8. The minimum Gasteiger partial charge on any atom is -0.478 e. The van der Waals surface area contributed by atoms with Gasteiger partial charge >= 0.3 is 23.9 Å². The van der Waals surface area contributed by atoms with E-state index >= 15 is 0 Å². The van der Waals surface area contributed by atoms with E-state index in [0.29, 0.717) is 0 Å². The van der Waals surface area contributed by atoms with E-state index in [9.17, 15) is 32.5 Å². The number of hydrogen-bond acceptors (Lipinski definition) is 5.